The van der Waals surface area contributed by atoms with Gasteiger partial charge in [0.1, 0.15) is 0 Å². The Hall–Kier alpha value is -3.08. The number of halogens is 3. The molecule has 45 heavy (non-hydrogen) atoms. The van der Waals surface area contributed by atoms with Crippen LogP contribution in [0.2, 0.25) is 0 Å². The molecule has 3 atom stereocenters. The number of carbonyl (C=O) groups is 2. The first-order chi connectivity index (χ1) is 21.6. The largest absolute Gasteiger partial charge is 0.478 e. The van der Waals surface area contributed by atoms with Crippen molar-refractivity contribution < 1.29 is 29.3 Å². The molecule has 4 aromatic carbocycles. The van der Waals surface area contributed by atoms with Crippen LogP contribution in [0.25, 0.3) is 11.1 Å². The van der Waals surface area contributed by atoms with Crippen LogP contribution >= 0.6 is 46.6 Å². The van der Waals surface area contributed by atoms with Crippen LogP contribution in [0.3, 0.4) is 0 Å². The molecular weight excluding hydrogens is 657 g/mol. The van der Waals surface area contributed by atoms with Crippen molar-refractivity contribution in [1.82, 2.24) is 5.32 Å². The number of hydrogen-bond donors (Lipinski definition) is 3. The second-order valence-corrected chi connectivity index (χ2v) is 13.8. The molecule has 0 spiro atoms. The standard InChI is InChI=1S/C34H30Cl3NO6S/c35-34(36,37)33(42)38-18-25-5-1-2-6-27(25)22-13-15-24(16-14-22)32-43-26(20-45-30-8-4-3-7-28(30)31(40)41)17-29(44-32)23-11-9-21(19-39)10-12-23/h1-16,26,29,32,39H,17-20H2,(H,38,42)(H,40,41). The fourth-order valence-corrected chi connectivity index (χ4v) is 6.29. The van der Waals surface area contributed by atoms with Crippen molar-refractivity contribution in [3.05, 3.63) is 125 Å². The minimum Gasteiger partial charge on any atom is -0.478 e. The van der Waals surface area contributed by atoms with Crippen molar-refractivity contribution in [2.75, 3.05) is 5.75 Å². The van der Waals surface area contributed by atoms with E-state index in [1.54, 1.807) is 18.2 Å². The lowest BCUT2D eigenvalue weighted by atomic mass is 9.98. The van der Waals surface area contributed by atoms with Gasteiger partial charge in [-0.3, -0.25) is 4.79 Å². The lowest BCUT2D eigenvalue weighted by Crippen LogP contribution is -2.34. The third-order valence-corrected chi connectivity index (χ3v) is 9.09. The number of rotatable bonds is 10. The molecule has 11 heteroatoms. The van der Waals surface area contributed by atoms with Gasteiger partial charge in [-0.15, -0.1) is 11.8 Å². The van der Waals surface area contributed by atoms with Crippen LogP contribution < -0.4 is 5.32 Å². The summed E-state index contributed by atoms with van der Waals surface area (Å²) in [7, 11) is 0. The van der Waals surface area contributed by atoms with E-state index in [1.165, 1.54) is 11.8 Å². The Bertz CT molecular complexity index is 1630. The maximum absolute atomic E-state index is 12.1. The van der Waals surface area contributed by atoms with Crippen molar-refractivity contribution in [1.29, 1.82) is 0 Å². The van der Waals surface area contributed by atoms with Gasteiger partial charge in [0.15, 0.2) is 6.29 Å². The summed E-state index contributed by atoms with van der Waals surface area (Å²) >= 11 is 18.5. The zero-order valence-electron chi connectivity index (χ0n) is 23.9. The van der Waals surface area contributed by atoms with Crippen LogP contribution in [0.1, 0.15) is 51.4 Å². The number of aliphatic hydroxyl groups excluding tert-OH is 1. The molecule has 0 aromatic heterocycles. The van der Waals surface area contributed by atoms with Gasteiger partial charge in [-0.25, -0.2) is 4.79 Å². The molecule has 1 heterocycles. The fourth-order valence-electron chi connectivity index (χ4n) is 5.03. The van der Waals surface area contributed by atoms with Gasteiger partial charge in [-0.05, 0) is 39.9 Å². The molecule has 0 aliphatic carbocycles. The highest BCUT2D eigenvalue weighted by Gasteiger charge is 2.33. The number of thioether (sulfide) groups is 1. The first-order valence-corrected chi connectivity index (χ1v) is 16.2. The zero-order valence-corrected chi connectivity index (χ0v) is 27.0. The Kier molecular flexibility index (Phi) is 11.1. The summed E-state index contributed by atoms with van der Waals surface area (Å²) in [5.41, 5.74) is 5.52. The molecule has 7 nitrogen and oxygen atoms in total. The van der Waals surface area contributed by atoms with Crippen molar-refractivity contribution in [3.8, 4) is 11.1 Å². The zero-order chi connectivity index (χ0) is 32.0. The smallest absolute Gasteiger partial charge is 0.336 e. The molecule has 5 rings (SSSR count). The van der Waals surface area contributed by atoms with E-state index in [-0.39, 0.29) is 30.9 Å². The average molecular weight is 687 g/mol. The number of carboxylic acids is 1. The lowest BCUT2D eigenvalue weighted by molar-refractivity contribution is -0.245. The van der Waals surface area contributed by atoms with E-state index in [2.05, 4.69) is 5.32 Å². The Morgan fingerprint density at radius 3 is 2.22 bits per heavy atom. The van der Waals surface area contributed by atoms with Gasteiger partial charge in [0, 0.05) is 29.2 Å². The molecule has 1 fully saturated rings. The molecular formula is C34H30Cl3NO6S. The maximum Gasteiger partial charge on any atom is 0.336 e. The number of nitrogens with one attached hydrogen (secondary N) is 1. The molecule has 4 aromatic rings. The molecule has 1 amide bonds. The van der Waals surface area contributed by atoms with E-state index in [0.29, 0.717) is 17.1 Å². The van der Waals surface area contributed by atoms with Gasteiger partial charge < -0.3 is 25.0 Å². The van der Waals surface area contributed by atoms with Crippen molar-refractivity contribution in [2.45, 2.75) is 46.8 Å². The highest BCUT2D eigenvalue weighted by Crippen LogP contribution is 2.40. The van der Waals surface area contributed by atoms with Crippen LogP contribution in [-0.4, -0.2) is 37.7 Å². The average Bonchev–Trinajstić information content (AvgIpc) is 3.06. The minimum atomic E-state index is -2.05. The number of ether oxygens (including phenoxy) is 2. The summed E-state index contributed by atoms with van der Waals surface area (Å²) in [5, 5.41) is 21.8. The van der Waals surface area contributed by atoms with E-state index in [9.17, 15) is 19.8 Å². The summed E-state index contributed by atoms with van der Waals surface area (Å²) in [5.74, 6) is -1.15. The fraction of sp³-hybridized carbons (Fsp3) is 0.235. The second-order valence-electron chi connectivity index (χ2n) is 10.4. The predicted molar refractivity (Wildman–Crippen MR) is 177 cm³/mol. The van der Waals surface area contributed by atoms with Gasteiger partial charge in [0.05, 0.1) is 24.4 Å². The van der Waals surface area contributed by atoms with E-state index in [1.807, 2.05) is 78.9 Å². The van der Waals surface area contributed by atoms with E-state index in [4.69, 9.17) is 44.3 Å². The molecule has 0 bridgehead atoms. The van der Waals surface area contributed by atoms with Crippen LogP contribution in [-0.2, 0) is 27.4 Å². The number of carbonyl (C=O) groups excluding carboxylic acids is 1. The minimum absolute atomic E-state index is 0.0471. The number of aromatic carboxylic acids is 1. The summed E-state index contributed by atoms with van der Waals surface area (Å²) in [6.45, 7) is 0.134. The second kappa shape index (κ2) is 15.0. The van der Waals surface area contributed by atoms with Crippen LogP contribution in [0.4, 0.5) is 0 Å². The SMILES string of the molecule is O=C(O)c1ccccc1SCC1CC(c2ccc(CO)cc2)OC(c2ccc(-c3ccccc3CNC(=O)C(Cl)(Cl)Cl)cc2)O1. The van der Waals surface area contributed by atoms with E-state index < -0.39 is 22.0 Å². The van der Waals surface area contributed by atoms with Crippen LogP contribution in [0.5, 0.6) is 0 Å². The summed E-state index contributed by atoms with van der Waals surface area (Å²) in [6.07, 6.45) is -0.615. The highest BCUT2D eigenvalue weighted by molar-refractivity contribution is 7.99. The summed E-state index contributed by atoms with van der Waals surface area (Å²) < 4.78 is 10.9. The van der Waals surface area contributed by atoms with Gasteiger partial charge >= 0.3 is 5.97 Å². The van der Waals surface area contributed by atoms with Crippen LogP contribution in [0, 0.1) is 0 Å². The Labute approximate surface area is 280 Å². The highest BCUT2D eigenvalue weighted by atomic mass is 35.6. The topological polar surface area (TPSA) is 105 Å². The summed E-state index contributed by atoms with van der Waals surface area (Å²) in [6, 6.07) is 30.0. The Morgan fingerprint density at radius 1 is 0.867 bits per heavy atom. The number of amides is 1. The van der Waals surface area contributed by atoms with Crippen molar-refractivity contribution in [3.63, 3.8) is 0 Å². The normalized spacial score (nSPS) is 18.4. The number of alkyl halides is 3. The molecule has 0 radical (unpaired) electrons. The van der Waals surface area contributed by atoms with Crippen molar-refractivity contribution >= 4 is 58.4 Å². The first-order valence-electron chi connectivity index (χ1n) is 14.1. The molecule has 0 saturated carbocycles. The monoisotopic (exact) mass is 685 g/mol. The molecule has 234 valence electrons. The maximum atomic E-state index is 12.1. The molecule has 1 saturated heterocycles. The number of carboxylic acid groups (broad SMARTS) is 1. The van der Waals surface area contributed by atoms with Gasteiger partial charge in [-0.1, -0.05) is 120 Å². The van der Waals surface area contributed by atoms with E-state index in [0.717, 1.165) is 33.4 Å². The molecule has 1 aliphatic heterocycles. The van der Waals surface area contributed by atoms with Gasteiger partial charge in [0.2, 0.25) is 0 Å². The Morgan fingerprint density at radius 2 is 1.53 bits per heavy atom. The van der Waals surface area contributed by atoms with Gasteiger partial charge in [-0.2, -0.15) is 0 Å². The third-order valence-electron chi connectivity index (χ3n) is 7.37. The number of hydrogen-bond acceptors (Lipinski definition) is 6. The number of benzene rings is 4. The molecule has 3 unspecified atom stereocenters. The molecule has 3 N–H and O–H groups in total. The number of aliphatic hydroxyl groups is 1. The Balaban J connectivity index is 1.36. The quantitative estimate of drug-likeness (QED) is 0.115. The lowest BCUT2D eigenvalue weighted by Gasteiger charge is -2.36. The predicted octanol–water partition coefficient (Wildman–Crippen LogP) is 7.87. The summed E-state index contributed by atoms with van der Waals surface area (Å²) in [4.78, 5) is 24.5. The van der Waals surface area contributed by atoms with Crippen LogP contribution in [0.15, 0.2) is 102 Å². The van der Waals surface area contributed by atoms with Crippen molar-refractivity contribution in [2.24, 2.45) is 0 Å². The molecule has 1 aliphatic rings. The van der Waals surface area contributed by atoms with Gasteiger partial charge in [0.25, 0.3) is 9.70 Å². The first kappa shape index (κ1) is 33.3. The third kappa shape index (κ3) is 8.60. The van der Waals surface area contributed by atoms with E-state index >= 15 is 0 Å².